The molecular weight excluding hydrogens is 404 g/mol. The number of hydrogen-bond acceptors (Lipinski definition) is 4. The zero-order valence-electron chi connectivity index (χ0n) is 19.3. The number of nitrogens with one attached hydrogen (secondary N) is 1. The molecular formula is C26H34N2O4. The third kappa shape index (κ3) is 7.09. The molecule has 2 aromatic carbocycles. The zero-order chi connectivity index (χ0) is 22.9. The van der Waals surface area contributed by atoms with Crippen molar-refractivity contribution in [3.8, 4) is 5.75 Å². The van der Waals surface area contributed by atoms with Crippen molar-refractivity contribution in [2.45, 2.75) is 45.8 Å². The number of amides is 2. The van der Waals surface area contributed by atoms with Gasteiger partial charge in [0.2, 0.25) is 5.91 Å². The molecule has 0 radical (unpaired) electrons. The van der Waals surface area contributed by atoms with Crippen LogP contribution < -0.4 is 10.1 Å². The minimum absolute atomic E-state index is 0.0436. The average molecular weight is 439 g/mol. The number of methoxy groups -OCH3 is 1. The summed E-state index contributed by atoms with van der Waals surface area (Å²) in [6.45, 7) is 6.96. The normalized spacial score (nSPS) is 14.4. The van der Waals surface area contributed by atoms with Gasteiger partial charge in [0.1, 0.15) is 5.75 Å². The first-order valence-corrected chi connectivity index (χ1v) is 11.3. The van der Waals surface area contributed by atoms with Crippen LogP contribution in [-0.4, -0.2) is 49.6 Å². The van der Waals surface area contributed by atoms with Crippen molar-refractivity contribution in [1.82, 2.24) is 10.2 Å². The Labute approximate surface area is 190 Å². The molecule has 6 nitrogen and oxygen atoms in total. The fourth-order valence-electron chi connectivity index (χ4n) is 3.69. The van der Waals surface area contributed by atoms with Crippen LogP contribution in [0.4, 0.5) is 0 Å². The molecule has 2 amide bonds. The van der Waals surface area contributed by atoms with Crippen molar-refractivity contribution in [1.29, 1.82) is 0 Å². The highest BCUT2D eigenvalue weighted by atomic mass is 16.5. The van der Waals surface area contributed by atoms with E-state index in [-0.39, 0.29) is 17.9 Å². The first-order chi connectivity index (χ1) is 15.4. The number of benzene rings is 2. The molecule has 1 saturated heterocycles. The predicted molar refractivity (Wildman–Crippen MR) is 125 cm³/mol. The molecule has 0 unspecified atom stereocenters. The van der Waals surface area contributed by atoms with E-state index >= 15 is 0 Å². The Bertz CT molecular complexity index is 870. The van der Waals surface area contributed by atoms with E-state index in [0.29, 0.717) is 24.4 Å². The highest BCUT2D eigenvalue weighted by Crippen LogP contribution is 2.18. The molecule has 0 aliphatic carbocycles. The summed E-state index contributed by atoms with van der Waals surface area (Å²) in [6, 6.07) is 15.0. The number of carbonyl (C=O) groups excluding carboxylic acids is 2. The van der Waals surface area contributed by atoms with Crippen molar-refractivity contribution < 1.29 is 19.1 Å². The number of rotatable bonds is 9. The third-order valence-corrected chi connectivity index (χ3v) is 5.61. The molecule has 172 valence electrons. The topological polar surface area (TPSA) is 67.9 Å². The standard InChI is InChI=1S/C26H34N2O4/c1-19(2)18-32-24-12-14-28(15-13-24)26(30)22-8-4-21(5-9-22)17-27-25(29)16-20-6-10-23(31-3)11-7-20/h4-11,19,24H,12-18H2,1-3H3,(H,27,29). The lowest BCUT2D eigenvalue weighted by atomic mass is 10.1. The summed E-state index contributed by atoms with van der Waals surface area (Å²) < 4.78 is 11.0. The Kier molecular flexibility index (Phi) is 8.68. The largest absolute Gasteiger partial charge is 0.497 e. The van der Waals surface area contributed by atoms with E-state index < -0.39 is 0 Å². The third-order valence-electron chi connectivity index (χ3n) is 5.61. The molecule has 0 aromatic heterocycles. The lowest BCUT2D eigenvalue weighted by molar-refractivity contribution is -0.120. The Hall–Kier alpha value is -2.86. The number of likely N-dealkylation sites (tertiary alicyclic amines) is 1. The minimum Gasteiger partial charge on any atom is -0.497 e. The molecule has 1 N–H and O–H groups in total. The van der Waals surface area contributed by atoms with Crippen molar-refractivity contribution in [3.63, 3.8) is 0 Å². The smallest absolute Gasteiger partial charge is 0.253 e. The summed E-state index contributed by atoms with van der Waals surface area (Å²) >= 11 is 0. The van der Waals surface area contributed by atoms with Gasteiger partial charge in [-0.15, -0.1) is 0 Å². The van der Waals surface area contributed by atoms with Gasteiger partial charge in [0.15, 0.2) is 0 Å². The van der Waals surface area contributed by atoms with Gasteiger partial charge < -0.3 is 19.7 Å². The lowest BCUT2D eigenvalue weighted by Gasteiger charge is -2.32. The van der Waals surface area contributed by atoms with E-state index in [9.17, 15) is 9.59 Å². The molecule has 0 saturated carbocycles. The fraction of sp³-hybridized carbons (Fsp3) is 0.462. The Morgan fingerprint density at radius 3 is 2.22 bits per heavy atom. The van der Waals surface area contributed by atoms with Gasteiger partial charge in [0, 0.05) is 31.8 Å². The second-order valence-electron chi connectivity index (χ2n) is 8.72. The maximum absolute atomic E-state index is 12.8. The molecule has 6 heteroatoms. The molecule has 0 spiro atoms. The van der Waals surface area contributed by atoms with Crippen LogP contribution in [0.1, 0.15) is 48.2 Å². The van der Waals surface area contributed by atoms with Crippen molar-refractivity contribution in [2.24, 2.45) is 5.92 Å². The van der Waals surface area contributed by atoms with Crippen LogP contribution in [0.25, 0.3) is 0 Å². The van der Waals surface area contributed by atoms with Gasteiger partial charge in [-0.2, -0.15) is 0 Å². The Balaban J connectivity index is 1.43. The number of piperidine rings is 1. The lowest BCUT2D eigenvalue weighted by Crippen LogP contribution is -2.41. The van der Waals surface area contributed by atoms with Gasteiger partial charge in [-0.25, -0.2) is 0 Å². The second kappa shape index (κ2) is 11.7. The number of nitrogens with zero attached hydrogens (tertiary/aromatic N) is 1. The van der Waals surface area contributed by atoms with Gasteiger partial charge in [0.25, 0.3) is 5.91 Å². The van der Waals surface area contributed by atoms with E-state index in [2.05, 4.69) is 19.2 Å². The van der Waals surface area contributed by atoms with Crippen LogP contribution in [0.5, 0.6) is 5.75 Å². The fourth-order valence-corrected chi connectivity index (χ4v) is 3.69. The Morgan fingerprint density at radius 2 is 1.62 bits per heavy atom. The van der Waals surface area contributed by atoms with Crippen molar-refractivity contribution in [3.05, 3.63) is 65.2 Å². The van der Waals surface area contributed by atoms with E-state index in [0.717, 1.165) is 49.4 Å². The van der Waals surface area contributed by atoms with E-state index in [1.54, 1.807) is 7.11 Å². The number of ether oxygens (including phenoxy) is 2. The molecule has 1 aliphatic heterocycles. The molecule has 3 rings (SSSR count). The molecule has 0 bridgehead atoms. The highest BCUT2D eigenvalue weighted by molar-refractivity contribution is 5.94. The van der Waals surface area contributed by atoms with Crippen molar-refractivity contribution >= 4 is 11.8 Å². The summed E-state index contributed by atoms with van der Waals surface area (Å²) in [4.78, 5) is 26.9. The first kappa shape index (κ1) is 23.8. The van der Waals surface area contributed by atoms with Crippen LogP contribution in [0, 0.1) is 5.92 Å². The number of hydrogen-bond donors (Lipinski definition) is 1. The average Bonchev–Trinajstić information content (AvgIpc) is 2.82. The van der Waals surface area contributed by atoms with E-state index in [1.807, 2.05) is 53.4 Å². The summed E-state index contributed by atoms with van der Waals surface area (Å²) in [5.41, 5.74) is 2.58. The zero-order valence-corrected chi connectivity index (χ0v) is 19.3. The molecule has 1 heterocycles. The van der Waals surface area contributed by atoms with Crippen LogP contribution >= 0.6 is 0 Å². The Morgan fingerprint density at radius 1 is 1.00 bits per heavy atom. The maximum Gasteiger partial charge on any atom is 0.253 e. The second-order valence-corrected chi connectivity index (χ2v) is 8.72. The SMILES string of the molecule is COc1ccc(CC(=O)NCc2ccc(C(=O)N3CCC(OCC(C)C)CC3)cc2)cc1. The van der Waals surface area contributed by atoms with Gasteiger partial charge in [-0.3, -0.25) is 9.59 Å². The quantitative estimate of drug-likeness (QED) is 0.646. The summed E-state index contributed by atoms with van der Waals surface area (Å²) in [7, 11) is 1.62. The summed E-state index contributed by atoms with van der Waals surface area (Å²) in [5, 5.41) is 2.93. The number of carbonyl (C=O) groups is 2. The van der Waals surface area contributed by atoms with Gasteiger partial charge in [-0.05, 0) is 54.2 Å². The van der Waals surface area contributed by atoms with Gasteiger partial charge >= 0.3 is 0 Å². The molecule has 2 aromatic rings. The van der Waals surface area contributed by atoms with Crippen LogP contribution in [-0.2, 0) is 22.5 Å². The van der Waals surface area contributed by atoms with Crippen LogP contribution in [0.3, 0.4) is 0 Å². The minimum atomic E-state index is -0.0436. The first-order valence-electron chi connectivity index (χ1n) is 11.3. The van der Waals surface area contributed by atoms with Gasteiger partial charge in [0.05, 0.1) is 19.6 Å². The molecule has 0 atom stereocenters. The van der Waals surface area contributed by atoms with Crippen LogP contribution in [0.2, 0.25) is 0 Å². The molecule has 32 heavy (non-hydrogen) atoms. The molecule has 1 aliphatic rings. The molecule has 1 fully saturated rings. The predicted octanol–water partition coefficient (Wildman–Crippen LogP) is 3.83. The van der Waals surface area contributed by atoms with Gasteiger partial charge in [-0.1, -0.05) is 38.1 Å². The van der Waals surface area contributed by atoms with Crippen molar-refractivity contribution in [2.75, 3.05) is 26.8 Å². The van der Waals surface area contributed by atoms with Crippen LogP contribution in [0.15, 0.2) is 48.5 Å². The highest BCUT2D eigenvalue weighted by Gasteiger charge is 2.24. The monoisotopic (exact) mass is 438 g/mol. The summed E-state index contributed by atoms with van der Waals surface area (Å²) in [6.07, 6.45) is 2.34. The van der Waals surface area contributed by atoms with E-state index in [1.165, 1.54) is 0 Å². The van der Waals surface area contributed by atoms with E-state index in [4.69, 9.17) is 9.47 Å². The maximum atomic E-state index is 12.8. The summed E-state index contributed by atoms with van der Waals surface area (Å²) in [5.74, 6) is 1.31.